The first-order valence-electron chi connectivity index (χ1n) is 12.9. The van der Waals surface area contributed by atoms with Crippen molar-refractivity contribution in [2.45, 2.75) is 118 Å². The number of carbonyl (C=O) groups is 4. The van der Waals surface area contributed by atoms with Crippen LogP contribution in [0.3, 0.4) is 0 Å². The van der Waals surface area contributed by atoms with Crippen LogP contribution in [-0.2, 0) is 19.1 Å². The molecule has 1 aromatic rings. The van der Waals surface area contributed by atoms with E-state index in [4.69, 9.17) is 10.5 Å². The SMILES string of the molecule is CCC(C)(C)N(C(=O)C(CCC(N)=O)NC(=O)OC(C)(C)C)C(C(=O)NC(C)C)c1cc(C)cc(C)c1. The van der Waals surface area contributed by atoms with Crippen LogP contribution in [0.2, 0.25) is 0 Å². The van der Waals surface area contributed by atoms with Gasteiger partial charge >= 0.3 is 6.09 Å². The topological polar surface area (TPSA) is 131 Å². The molecule has 4 amide bonds. The molecule has 1 rings (SSSR count). The molecular formula is C28H46N4O5. The third-order valence-corrected chi connectivity index (χ3v) is 5.92. The maximum absolute atomic E-state index is 14.3. The number of hydrogen-bond acceptors (Lipinski definition) is 5. The Morgan fingerprint density at radius 3 is 1.95 bits per heavy atom. The molecule has 0 radical (unpaired) electrons. The molecule has 9 nitrogen and oxygen atoms in total. The number of nitrogens with zero attached hydrogens (tertiary/aromatic N) is 1. The number of nitrogens with two attached hydrogens (primary N) is 1. The van der Waals surface area contributed by atoms with Crippen LogP contribution in [0.4, 0.5) is 4.79 Å². The molecule has 0 fully saturated rings. The Kier molecular flexibility index (Phi) is 11.2. The Morgan fingerprint density at radius 2 is 1.51 bits per heavy atom. The van der Waals surface area contributed by atoms with E-state index in [0.29, 0.717) is 12.0 Å². The van der Waals surface area contributed by atoms with Gasteiger partial charge in [-0.15, -0.1) is 0 Å². The summed E-state index contributed by atoms with van der Waals surface area (Å²) in [5, 5.41) is 5.58. The van der Waals surface area contributed by atoms with Crippen molar-refractivity contribution in [1.82, 2.24) is 15.5 Å². The second-order valence-corrected chi connectivity index (χ2v) is 11.6. The van der Waals surface area contributed by atoms with E-state index in [1.807, 2.05) is 66.7 Å². The predicted molar refractivity (Wildman–Crippen MR) is 145 cm³/mol. The Bertz CT molecular complexity index is 961. The molecule has 0 aliphatic carbocycles. The van der Waals surface area contributed by atoms with Crippen molar-refractivity contribution in [3.05, 3.63) is 34.9 Å². The molecule has 0 aliphatic rings. The van der Waals surface area contributed by atoms with Crippen LogP contribution in [0.25, 0.3) is 0 Å². The van der Waals surface area contributed by atoms with Crippen molar-refractivity contribution in [3.63, 3.8) is 0 Å². The highest BCUT2D eigenvalue weighted by Crippen LogP contribution is 2.33. The molecule has 0 spiro atoms. The highest BCUT2D eigenvalue weighted by Gasteiger charge is 2.43. The van der Waals surface area contributed by atoms with Gasteiger partial charge in [0, 0.05) is 18.0 Å². The van der Waals surface area contributed by atoms with Crippen molar-refractivity contribution < 1.29 is 23.9 Å². The van der Waals surface area contributed by atoms with Gasteiger partial charge in [-0.3, -0.25) is 14.4 Å². The van der Waals surface area contributed by atoms with Gasteiger partial charge in [-0.1, -0.05) is 36.2 Å². The van der Waals surface area contributed by atoms with Gasteiger partial charge in [-0.05, 0) is 80.7 Å². The van der Waals surface area contributed by atoms with Crippen LogP contribution < -0.4 is 16.4 Å². The molecule has 0 bridgehead atoms. The predicted octanol–water partition coefficient (Wildman–Crippen LogP) is 4.05. The lowest BCUT2D eigenvalue weighted by Gasteiger charge is -2.45. The van der Waals surface area contributed by atoms with Crippen molar-refractivity contribution >= 4 is 23.8 Å². The average Bonchev–Trinajstić information content (AvgIpc) is 2.71. The van der Waals surface area contributed by atoms with Gasteiger partial charge in [-0.25, -0.2) is 4.79 Å². The summed E-state index contributed by atoms with van der Waals surface area (Å²) in [4.78, 5) is 53.8. The molecule has 2 unspecified atom stereocenters. The summed E-state index contributed by atoms with van der Waals surface area (Å²) in [6, 6.07) is 3.52. The highest BCUT2D eigenvalue weighted by atomic mass is 16.6. The minimum atomic E-state index is -1.13. The van der Waals surface area contributed by atoms with Crippen molar-refractivity contribution in [1.29, 1.82) is 0 Å². The summed E-state index contributed by atoms with van der Waals surface area (Å²) >= 11 is 0. The quantitative estimate of drug-likeness (QED) is 0.407. The van der Waals surface area contributed by atoms with Gasteiger partial charge in [0.1, 0.15) is 17.7 Å². The van der Waals surface area contributed by atoms with E-state index in [9.17, 15) is 19.2 Å². The minimum Gasteiger partial charge on any atom is -0.444 e. The van der Waals surface area contributed by atoms with E-state index in [1.165, 1.54) is 4.90 Å². The smallest absolute Gasteiger partial charge is 0.408 e. The summed E-state index contributed by atoms with van der Waals surface area (Å²) in [6.07, 6.45) is -0.419. The van der Waals surface area contributed by atoms with E-state index in [1.54, 1.807) is 20.8 Å². The number of benzene rings is 1. The van der Waals surface area contributed by atoms with Gasteiger partial charge in [0.15, 0.2) is 0 Å². The molecule has 9 heteroatoms. The molecule has 208 valence electrons. The fourth-order valence-electron chi connectivity index (χ4n) is 4.06. The molecule has 0 saturated carbocycles. The van der Waals surface area contributed by atoms with E-state index in [-0.39, 0.29) is 24.8 Å². The zero-order chi connectivity index (χ0) is 28.7. The number of alkyl carbamates (subject to hydrolysis) is 1. The van der Waals surface area contributed by atoms with E-state index < -0.39 is 41.1 Å². The monoisotopic (exact) mass is 518 g/mol. The van der Waals surface area contributed by atoms with Crippen molar-refractivity contribution in [3.8, 4) is 0 Å². The summed E-state index contributed by atoms with van der Waals surface area (Å²) in [6.45, 7) is 18.4. The maximum atomic E-state index is 14.3. The Hall–Kier alpha value is -3.10. The summed E-state index contributed by atoms with van der Waals surface area (Å²) in [7, 11) is 0. The maximum Gasteiger partial charge on any atom is 0.408 e. The van der Waals surface area contributed by atoms with Crippen LogP contribution in [0.15, 0.2) is 18.2 Å². The molecule has 4 N–H and O–H groups in total. The van der Waals surface area contributed by atoms with E-state index >= 15 is 0 Å². The first-order chi connectivity index (χ1) is 16.9. The Morgan fingerprint density at radius 1 is 0.973 bits per heavy atom. The second kappa shape index (κ2) is 12.9. The fourth-order valence-corrected chi connectivity index (χ4v) is 4.06. The Labute approximate surface area is 221 Å². The van der Waals surface area contributed by atoms with Crippen LogP contribution in [-0.4, -0.2) is 51.9 Å². The van der Waals surface area contributed by atoms with Crippen LogP contribution in [0, 0.1) is 13.8 Å². The molecule has 37 heavy (non-hydrogen) atoms. The lowest BCUT2D eigenvalue weighted by molar-refractivity contribution is -0.149. The van der Waals surface area contributed by atoms with Gasteiger partial charge < -0.3 is 26.0 Å². The molecule has 0 aliphatic heterocycles. The lowest BCUT2D eigenvalue weighted by atomic mass is 9.90. The average molecular weight is 519 g/mol. The minimum absolute atomic E-state index is 0.0327. The van der Waals surface area contributed by atoms with Gasteiger partial charge in [0.2, 0.25) is 17.7 Å². The summed E-state index contributed by atoms with van der Waals surface area (Å²) in [5.41, 5.74) is 6.38. The number of amides is 4. The first kappa shape index (κ1) is 31.9. The Balaban J connectivity index is 3.71. The number of carbonyl (C=O) groups excluding carboxylic acids is 4. The third kappa shape index (κ3) is 10.1. The van der Waals surface area contributed by atoms with Crippen molar-refractivity contribution in [2.75, 3.05) is 0 Å². The number of ether oxygens (including phenoxy) is 1. The lowest BCUT2D eigenvalue weighted by Crippen LogP contribution is -2.59. The molecular weight excluding hydrogens is 472 g/mol. The largest absolute Gasteiger partial charge is 0.444 e. The normalized spacial score (nSPS) is 13.5. The van der Waals surface area contributed by atoms with E-state index in [2.05, 4.69) is 10.6 Å². The molecule has 0 aromatic heterocycles. The number of aryl methyl sites for hydroxylation is 2. The fraction of sp³-hybridized carbons (Fsp3) is 0.643. The van der Waals surface area contributed by atoms with Crippen LogP contribution >= 0.6 is 0 Å². The third-order valence-electron chi connectivity index (χ3n) is 5.92. The summed E-state index contributed by atoms with van der Waals surface area (Å²) < 4.78 is 5.38. The molecule has 0 heterocycles. The number of primary amides is 1. The standard InChI is InChI=1S/C28H46N4O5/c1-11-28(9,10)32(23(24(34)30-17(2)3)20-15-18(4)14-19(5)16-20)25(35)21(12-13-22(29)33)31-26(36)37-27(6,7)8/h14-17,21,23H,11-13H2,1-10H3,(H2,29,33)(H,30,34)(H,31,36). The zero-order valence-corrected chi connectivity index (χ0v) is 24.2. The van der Waals surface area contributed by atoms with Gasteiger partial charge in [-0.2, -0.15) is 0 Å². The van der Waals surface area contributed by atoms with Gasteiger partial charge in [0.25, 0.3) is 0 Å². The number of hydrogen-bond donors (Lipinski definition) is 3. The first-order valence-corrected chi connectivity index (χ1v) is 12.9. The summed E-state index contributed by atoms with van der Waals surface area (Å²) in [5.74, 6) is -1.43. The van der Waals surface area contributed by atoms with Crippen molar-refractivity contribution in [2.24, 2.45) is 5.73 Å². The van der Waals surface area contributed by atoms with Gasteiger partial charge in [0.05, 0.1) is 0 Å². The second-order valence-electron chi connectivity index (χ2n) is 11.6. The number of rotatable bonds is 11. The van der Waals surface area contributed by atoms with Crippen LogP contribution in [0.1, 0.15) is 97.4 Å². The van der Waals surface area contributed by atoms with Crippen LogP contribution in [0.5, 0.6) is 0 Å². The van der Waals surface area contributed by atoms with E-state index in [0.717, 1.165) is 11.1 Å². The number of nitrogens with one attached hydrogen (secondary N) is 2. The zero-order valence-electron chi connectivity index (χ0n) is 24.2. The molecule has 1 aromatic carbocycles. The molecule has 2 atom stereocenters. The highest BCUT2D eigenvalue weighted by molar-refractivity contribution is 5.93. The molecule has 0 saturated heterocycles.